The molecule has 1 amide bonds. The number of amides is 1. The lowest BCUT2D eigenvalue weighted by Crippen LogP contribution is -2.15. The Morgan fingerprint density at radius 2 is 1.88 bits per heavy atom. The molecule has 1 N–H and O–H groups in total. The quantitative estimate of drug-likeness (QED) is 0.860. The van der Waals surface area contributed by atoms with Crippen LogP contribution in [0.3, 0.4) is 0 Å². The summed E-state index contributed by atoms with van der Waals surface area (Å²) in [6, 6.07) is 3.46. The van der Waals surface area contributed by atoms with Crippen molar-refractivity contribution in [1.29, 1.82) is 0 Å². The fourth-order valence-corrected chi connectivity index (χ4v) is 1.57. The number of carbonyl (C=O) groups excluding carboxylic acids is 1. The molecule has 0 radical (unpaired) electrons. The van der Waals surface area contributed by atoms with Crippen molar-refractivity contribution < 1.29 is 9.21 Å². The summed E-state index contributed by atoms with van der Waals surface area (Å²) in [6.07, 6.45) is 1.48. The molecule has 0 bridgehead atoms. The summed E-state index contributed by atoms with van der Waals surface area (Å²) in [6.45, 7) is 5.44. The minimum atomic E-state index is -0.263. The van der Waals surface area contributed by atoms with Gasteiger partial charge in [0.05, 0.1) is 11.8 Å². The highest BCUT2D eigenvalue weighted by Crippen LogP contribution is 2.11. The van der Waals surface area contributed by atoms with E-state index in [9.17, 15) is 4.79 Å². The normalized spacial score (nSPS) is 10.3. The van der Waals surface area contributed by atoms with Crippen molar-refractivity contribution in [2.75, 3.05) is 5.32 Å². The Balaban J connectivity index is 2.21. The van der Waals surface area contributed by atoms with Crippen molar-refractivity contribution >= 4 is 11.9 Å². The smallest absolute Gasteiger partial charge is 0.261 e. The minimum absolute atomic E-state index is 0.263. The molecule has 5 heteroatoms. The maximum absolute atomic E-state index is 11.9. The van der Waals surface area contributed by atoms with Crippen LogP contribution in [0, 0.1) is 20.8 Å². The molecule has 2 heterocycles. The zero-order valence-corrected chi connectivity index (χ0v) is 9.94. The number of nitrogens with one attached hydrogen (secondary N) is 1. The van der Waals surface area contributed by atoms with Crippen LogP contribution in [0.4, 0.5) is 5.95 Å². The van der Waals surface area contributed by atoms with E-state index in [1.54, 1.807) is 13.0 Å². The lowest BCUT2D eigenvalue weighted by Gasteiger charge is -2.04. The molecule has 5 nitrogen and oxygen atoms in total. The van der Waals surface area contributed by atoms with Gasteiger partial charge in [-0.2, -0.15) is 0 Å². The van der Waals surface area contributed by atoms with Gasteiger partial charge >= 0.3 is 0 Å². The SMILES string of the molecule is Cc1cc(C)nc(NC(=O)c2ccoc2C)n1. The number of nitrogens with zero attached hydrogens (tertiary/aromatic N) is 2. The Bertz CT molecular complexity index is 540. The molecule has 2 aromatic heterocycles. The standard InChI is InChI=1S/C12H13N3O2/c1-7-6-8(2)14-12(13-7)15-11(16)10-4-5-17-9(10)3/h4-6H,1-3H3,(H,13,14,15,16). The number of hydrogen-bond acceptors (Lipinski definition) is 4. The van der Waals surface area contributed by atoms with Gasteiger partial charge in [-0.3, -0.25) is 10.1 Å². The van der Waals surface area contributed by atoms with E-state index in [0.29, 0.717) is 17.3 Å². The molecular formula is C12H13N3O2. The third-order valence-electron chi connectivity index (χ3n) is 2.31. The zero-order chi connectivity index (χ0) is 12.4. The number of aromatic nitrogens is 2. The number of aryl methyl sites for hydroxylation is 3. The van der Waals surface area contributed by atoms with Crippen molar-refractivity contribution in [2.45, 2.75) is 20.8 Å². The predicted octanol–water partition coefficient (Wildman–Crippen LogP) is 2.25. The van der Waals surface area contributed by atoms with Crippen molar-refractivity contribution in [2.24, 2.45) is 0 Å². The summed E-state index contributed by atoms with van der Waals surface area (Å²) in [4.78, 5) is 20.1. The predicted molar refractivity (Wildman–Crippen MR) is 62.9 cm³/mol. The number of rotatable bonds is 2. The van der Waals surface area contributed by atoms with Gasteiger partial charge in [0, 0.05) is 11.4 Å². The first kappa shape index (κ1) is 11.3. The van der Waals surface area contributed by atoms with E-state index in [1.165, 1.54) is 6.26 Å². The maximum Gasteiger partial charge on any atom is 0.261 e. The first-order valence-electron chi connectivity index (χ1n) is 5.24. The number of carbonyl (C=O) groups is 1. The Labute approximate surface area is 98.9 Å². The Morgan fingerprint density at radius 3 is 2.41 bits per heavy atom. The lowest BCUT2D eigenvalue weighted by molar-refractivity contribution is 0.102. The van der Waals surface area contributed by atoms with E-state index in [1.807, 2.05) is 19.9 Å². The van der Waals surface area contributed by atoms with Gasteiger partial charge in [0.25, 0.3) is 5.91 Å². The average Bonchev–Trinajstić information content (AvgIpc) is 2.62. The van der Waals surface area contributed by atoms with Gasteiger partial charge in [-0.1, -0.05) is 0 Å². The maximum atomic E-state index is 11.9. The molecule has 0 atom stereocenters. The molecule has 2 aromatic rings. The second-order valence-electron chi connectivity index (χ2n) is 3.82. The second kappa shape index (κ2) is 4.37. The molecule has 0 aromatic carbocycles. The molecular weight excluding hydrogens is 218 g/mol. The van der Waals surface area contributed by atoms with Crippen LogP contribution in [0.2, 0.25) is 0 Å². The molecule has 0 aliphatic carbocycles. The van der Waals surface area contributed by atoms with Crippen molar-refractivity contribution in [3.8, 4) is 0 Å². The molecule has 0 aliphatic rings. The summed E-state index contributed by atoms with van der Waals surface area (Å²) in [5.74, 6) is 0.626. The number of hydrogen-bond donors (Lipinski definition) is 1. The molecule has 0 spiro atoms. The van der Waals surface area contributed by atoms with Crippen LogP contribution in [0.15, 0.2) is 22.8 Å². The average molecular weight is 231 g/mol. The summed E-state index contributed by atoms with van der Waals surface area (Å²) in [7, 11) is 0. The van der Waals surface area contributed by atoms with Gasteiger partial charge in [0.15, 0.2) is 0 Å². The van der Waals surface area contributed by atoms with Crippen molar-refractivity contribution in [3.63, 3.8) is 0 Å². The fraction of sp³-hybridized carbons (Fsp3) is 0.250. The van der Waals surface area contributed by atoms with Crippen LogP contribution in [-0.2, 0) is 0 Å². The molecule has 17 heavy (non-hydrogen) atoms. The van der Waals surface area contributed by atoms with Gasteiger partial charge in [0.1, 0.15) is 5.76 Å². The first-order chi connectivity index (χ1) is 8.06. The van der Waals surface area contributed by atoms with E-state index in [0.717, 1.165) is 11.4 Å². The Kier molecular flexibility index (Phi) is 2.91. The first-order valence-corrected chi connectivity index (χ1v) is 5.24. The summed E-state index contributed by atoms with van der Waals surface area (Å²) in [5, 5.41) is 2.65. The number of furan rings is 1. The molecule has 2 rings (SSSR count). The number of anilines is 1. The van der Waals surface area contributed by atoms with Gasteiger partial charge in [0.2, 0.25) is 5.95 Å². The molecule has 0 saturated heterocycles. The summed E-state index contributed by atoms with van der Waals surface area (Å²) < 4.78 is 5.07. The van der Waals surface area contributed by atoms with Crippen molar-refractivity contribution in [1.82, 2.24) is 9.97 Å². The topological polar surface area (TPSA) is 68.0 Å². The summed E-state index contributed by atoms with van der Waals surface area (Å²) >= 11 is 0. The fourth-order valence-electron chi connectivity index (χ4n) is 1.57. The van der Waals surface area contributed by atoms with Gasteiger partial charge in [-0.15, -0.1) is 0 Å². The zero-order valence-electron chi connectivity index (χ0n) is 9.94. The minimum Gasteiger partial charge on any atom is -0.469 e. The van der Waals surface area contributed by atoms with E-state index in [4.69, 9.17) is 4.42 Å². The van der Waals surface area contributed by atoms with E-state index in [2.05, 4.69) is 15.3 Å². The largest absolute Gasteiger partial charge is 0.469 e. The summed E-state index contributed by atoms with van der Waals surface area (Å²) in [5.41, 5.74) is 2.13. The molecule has 0 fully saturated rings. The Morgan fingerprint density at radius 1 is 1.24 bits per heavy atom. The van der Waals surface area contributed by atoms with Crippen LogP contribution in [0.1, 0.15) is 27.5 Å². The van der Waals surface area contributed by atoms with Crippen LogP contribution >= 0.6 is 0 Å². The van der Waals surface area contributed by atoms with Gasteiger partial charge in [-0.25, -0.2) is 9.97 Å². The molecule has 0 aliphatic heterocycles. The Hall–Kier alpha value is -2.17. The molecule has 0 saturated carbocycles. The van der Waals surface area contributed by atoms with Gasteiger partial charge < -0.3 is 4.42 Å². The van der Waals surface area contributed by atoms with Crippen LogP contribution in [-0.4, -0.2) is 15.9 Å². The van der Waals surface area contributed by atoms with E-state index < -0.39 is 0 Å². The highest BCUT2D eigenvalue weighted by atomic mass is 16.3. The highest BCUT2D eigenvalue weighted by Gasteiger charge is 2.12. The highest BCUT2D eigenvalue weighted by molar-refractivity contribution is 6.03. The van der Waals surface area contributed by atoms with E-state index in [-0.39, 0.29) is 5.91 Å². The monoisotopic (exact) mass is 231 g/mol. The third kappa shape index (κ3) is 2.50. The third-order valence-corrected chi connectivity index (χ3v) is 2.31. The molecule has 0 unspecified atom stereocenters. The van der Waals surface area contributed by atoms with Crippen LogP contribution in [0.25, 0.3) is 0 Å². The lowest BCUT2D eigenvalue weighted by atomic mass is 10.2. The molecule has 88 valence electrons. The van der Waals surface area contributed by atoms with E-state index >= 15 is 0 Å². The second-order valence-corrected chi connectivity index (χ2v) is 3.82. The van der Waals surface area contributed by atoms with Crippen molar-refractivity contribution in [3.05, 3.63) is 41.1 Å². The van der Waals surface area contributed by atoms with Crippen LogP contribution < -0.4 is 5.32 Å². The van der Waals surface area contributed by atoms with Gasteiger partial charge in [-0.05, 0) is 32.9 Å². The van der Waals surface area contributed by atoms with Crippen LogP contribution in [0.5, 0.6) is 0 Å².